The molecule has 5 heteroatoms. The molecule has 0 spiro atoms. The third kappa shape index (κ3) is 4.39. The highest BCUT2D eigenvalue weighted by atomic mass is 32.2. The zero-order chi connectivity index (χ0) is 12.0. The fourth-order valence-electron chi connectivity index (χ4n) is 1.75. The van der Waals surface area contributed by atoms with Crippen molar-refractivity contribution in [2.45, 2.75) is 45.6 Å². The Labute approximate surface area is 99.5 Å². The highest BCUT2D eigenvalue weighted by Gasteiger charge is 2.35. The maximum atomic E-state index is 12.1. The lowest BCUT2D eigenvalue weighted by Gasteiger charge is -2.21. The average Bonchev–Trinajstić information content (AvgIpc) is 3.04. The predicted molar refractivity (Wildman–Crippen MR) is 67.0 cm³/mol. The molecule has 1 fully saturated rings. The molecule has 0 amide bonds. The SMILES string of the molecule is CCCNCCS(=O)(=O)N(CCC)C1CC1. The van der Waals surface area contributed by atoms with E-state index in [1.165, 1.54) is 0 Å². The summed E-state index contributed by atoms with van der Waals surface area (Å²) in [6.45, 7) is 6.26. The van der Waals surface area contributed by atoms with Crippen LogP contribution in [-0.2, 0) is 10.0 Å². The van der Waals surface area contributed by atoms with Gasteiger partial charge in [0, 0.05) is 19.1 Å². The largest absolute Gasteiger partial charge is 0.316 e. The predicted octanol–water partition coefficient (Wildman–Crippen LogP) is 1.19. The van der Waals surface area contributed by atoms with Crippen LogP contribution in [0.1, 0.15) is 39.5 Å². The Morgan fingerprint density at radius 3 is 2.38 bits per heavy atom. The molecule has 96 valence electrons. The highest BCUT2D eigenvalue weighted by molar-refractivity contribution is 7.89. The molecule has 0 aromatic rings. The monoisotopic (exact) mass is 248 g/mol. The second-order valence-corrected chi connectivity index (χ2v) is 6.45. The minimum atomic E-state index is -3.03. The maximum absolute atomic E-state index is 12.1. The van der Waals surface area contributed by atoms with Crippen LogP contribution in [0.25, 0.3) is 0 Å². The van der Waals surface area contributed by atoms with E-state index >= 15 is 0 Å². The first kappa shape index (κ1) is 13.9. The van der Waals surface area contributed by atoms with Crippen LogP contribution < -0.4 is 5.32 Å². The molecule has 1 aliphatic rings. The molecule has 0 bridgehead atoms. The van der Waals surface area contributed by atoms with Crippen molar-refractivity contribution < 1.29 is 8.42 Å². The minimum absolute atomic E-state index is 0.240. The van der Waals surface area contributed by atoms with Gasteiger partial charge in [-0.15, -0.1) is 0 Å². The van der Waals surface area contributed by atoms with Gasteiger partial charge in [0.2, 0.25) is 10.0 Å². The summed E-state index contributed by atoms with van der Waals surface area (Å²) in [7, 11) is -3.03. The number of nitrogens with one attached hydrogen (secondary N) is 1. The molecule has 1 rings (SSSR count). The molecule has 0 saturated heterocycles. The summed E-state index contributed by atoms with van der Waals surface area (Å²) in [5.74, 6) is 0.240. The minimum Gasteiger partial charge on any atom is -0.316 e. The van der Waals surface area contributed by atoms with Crippen molar-refractivity contribution >= 4 is 10.0 Å². The van der Waals surface area contributed by atoms with E-state index in [2.05, 4.69) is 12.2 Å². The molecule has 1 N–H and O–H groups in total. The molecular formula is C11H24N2O2S. The van der Waals surface area contributed by atoms with Crippen molar-refractivity contribution in [3.8, 4) is 0 Å². The van der Waals surface area contributed by atoms with E-state index in [4.69, 9.17) is 0 Å². The molecule has 0 aromatic heterocycles. The van der Waals surface area contributed by atoms with Crippen LogP contribution in [0.2, 0.25) is 0 Å². The third-order valence-electron chi connectivity index (χ3n) is 2.72. The number of sulfonamides is 1. The number of hydrogen-bond acceptors (Lipinski definition) is 3. The topological polar surface area (TPSA) is 49.4 Å². The summed E-state index contributed by atoms with van der Waals surface area (Å²) in [5, 5.41) is 3.14. The first-order valence-electron chi connectivity index (χ1n) is 6.32. The molecule has 0 unspecified atom stereocenters. The summed E-state index contributed by atoms with van der Waals surface area (Å²) < 4.78 is 25.8. The Kier molecular flexibility index (Phi) is 5.72. The smallest absolute Gasteiger partial charge is 0.215 e. The van der Waals surface area contributed by atoms with Gasteiger partial charge >= 0.3 is 0 Å². The van der Waals surface area contributed by atoms with Crippen LogP contribution >= 0.6 is 0 Å². The van der Waals surface area contributed by atoms with Crippen LogP contribution in [0, 0.1) is 0 Å². The number of rotatable bonds is 9. The van der Waals surface area contributed by atoms with E-state index in [-0.39, 0.29) is 5.75 Å². The summed E-state index contributed by atoms with van der Waals surface area (Å²) in [4.78, 5) is 0. The average molecular weight is 248 g/mol. The Balaban J connectivity index is 2.39. The van der Waals surface area contributed by atoms with Crippen LogP contribution in [-0.4, -0.2) is 44.2 Å². The van der Waals surface area contributed by atoms with Crippen LogP contribution in [0.4, 0.5) is 0 Å². The highest BCUT2D eigenvalue weighted by Crippen LogP contribution is 2.29. The van der Waals surface area contributed by atoms with E-state index < -0.39 is 10.0 Å². The quantitative estimate of drug-likeness (QED) is 0.624. The lowest BCUT2D eigenvalue weighted by Crippen LogP contribution is -2.38. The molecule has 0 radical (unpaired) electrons. The van der Waals surface area contributed by atoms with E-state index in [1.54, 1.807) is 4.31 Å². The number of hydrogen-bond donors (Lipinski definition) is 1. The molecule has 4 nitrogen and oxygen atoms in total. The van der Waals surface area contributed by atoms with Gasteiger partial charge in [0.25, 0.3) is 0 Å². The molecule has 1 aliphatic carbocycles. The lowest BCUT2D eigenvalue weighted by atomic mass is 10.5. The normalized spacial score (nSPS) is 16.9. The first-order valence-corrected chi connectivity index (χ1v) is 7.93. The van der Waals surface area contributed by atoms with Crippen molar-refractivity contribution in [1.82, 2.24) is 9.62 Å². The molecule has 1 saturated carbocycles. The van der Waals surface area contributed by atoms with E-state index in [0.29, 0.717) is 19.1 Å². The fourth-order valence-corrected chi connectivity index (χ4v) is 3.51. The van der Waals surface area contributed by atoms with Gasteiger partial charge in [0.05, 0.1) is 5.75 Å². The third-order valence-corrected chi connectivity index (χ3v) is 4.63. The van der Waals surface area contributed by atoms with E-state index in [0.717, 1.165) is 32.2 Å². The Hall–Kier alpha value is -0.130. The fraction of sp³-hybridized carbons (Fsp3) is 1.00. The Morgan fingerprint density at radius 2 is 1.88 bits per heavy atom. The zero-order valence-corrected chi connectivity index (χ0v) is 11.2. The van der Waals surface area contributed by atoms with Crippen molar-refractivity contribution in [2.24, 2.45) is 0 Å². The molecule has 0 aliphatic heterocycles. The van der Waals surface area contributed by atoms with E-state index in [1.807, 2.05) is 6.92 Å². The van der Waals surface area contributed by atoms with Gasteiger partial charge < -0.3 is 5.32 Å². The molecule has 16 heavy (non-hydrogen) atoms. The van der Waals surface area contributed by atoms with Gasteiger partial charge in [-0.3, -0.25) is 0 Å². The summed E-state index contributed by atoms with van der Waals surface area (Å²) >= 11 is 0. The van der Waals surface area contributed by atoms with Gasteiger partial charge in [-0.2, -0.15) is 4.31 Å². The Morgan fingerprint density at radius 1 is 1.19 bits per heavy atom. The molecular weight excluding hydrogens is 224 g/mol. The van der Waals surface area contributed by atoms with Crippen molar-refractivity contribution in [2.75, 3.05) is 25.4 Å². The summed E-state index contributed by atoms with van der Waals surface area (Å²) in [6.07, 6.45) is 4.03. The summed E-state index contributed by atoms with van der Waals surface area (Å²) in [6, 6.07) is 0.302. The van der Waals surface area contributed by atoms with Gasteiger partial charge in [-0.1, -0.05) is 13.8 Å². The second kappa shape index (κ2) is 6.57. The zero-order valence-electron chi connectivity index (χ0n) is 10.4. The number of nitrogens with zero attached hydrogens (tertiary/aromatic N) is 1. The van der Waals surface area contributed by atoms with Gasteiger partial charge in [-0.05, 0) is 32.2 Å². The molecule has 0 atom stereocenters. The van der Waals surface area contributed by atoms with Gasteiger partial charge in [0.15, 0.2) is 0 Å². The van der Waals surface area contributed by atoms with Gasteiger partial charge in [-0.25, -0.2) is 8.42 Å². The van der Waals surface area contributed by atoms with Crippen molar-refractivity contribution in [3.05, 3.63) is 0 Å². The van der Waals surface area contributed by atoms with Crippen molar-refractivity contribution in [3.63, 3.8) is 0 Å². The summed E-state index contributed by atoms with van der Waals surface area (Å²) in [5.41, 5.74) is 0. The van der Waals surface area contributed by atoms with Gasteiger partial charge in [0.1, 0.15) is 0 Å². The first-order chi connectivity index (χ1) is 7.61. The lowest BCUT2D eigenvalue weighted by molar-refractivity contribution is 0.402. The van der Waals surface area contributed by atoms with Crippen LogP contribution in [0.5, 0.6) is 0 Å². The Bertz CT molecular complexity index is 286. The molecule has 0 heterocycles. The standard InChI is InChI=1S/C11H24N2O2S/c1-3-7-12-8-10-16(14,15)13(9-4-2)11-5-6-11/h11-12H,3-10H2,1-2H3. The molecule has 0 aromatic carbocycles. The second-order valence-electron chi connectivity index (χ2n) is 4.41. The van der Waals surface area contributed by atoms with E-state index in [9.17, 15) is 8.42 Å². The van der Waals surface area contributed by atoms with Crippen LogP contribution in [0.15, 0.2) is 0 Å². The maximum Gasteiger partial charge on any atom is 0.215 e. The van der Waals surface area contributed by atoms with Crippen molar-refractivity contribution in [1.29, 1.82) is 0 Å². The van der Waals surface area contributed by atoms with Crippen LogP contribution in [0.3, 0.4) is 0 Å².